The van der Waals surface area contributed by atoms with E-state index in [1.54, 1.807) is 6.07 Å². The fraction of sp³-hybridized carbons (Fsp3) is 0.278. The summed E-state index contributed by atoms with van der Waals surface area (Å²) in [7, 11) is 4.47. The second-order valence-corrected chi connectivity index (χ2v) is 5.67. The summed E-state index contributed by atoms with van der Waals surface area (Å²) in [4.78, 5) is 11.9. The van der Waals surface area contributed by atoms with Gasteiger partial charge >= 0.3 is 6.18 Å². The van der Waals surface area contributed by atoms with Gasteiger partial charge in [-0.05, 0) is 17.7 Å². The first kappa shape index (κ1) is 19.5. The van der Waals surface area contributed by atoms with Gasteiger partial charge in [0.1, 0.15) is 23.4 Å². The van der Waals surface area contributed by atoms with E-state index in [9.17, 15) is 13.2 Å². The van der Waals surface area contributed by atoms with Crippen LogP contribution >= 0.6 is 0 Å². The van der Waals surface area contributed by atoms with Gasteiger partial charge in [-0.2, -0.15) is 13.2 Å². The minimum atomic E-state index is -4.47. The standard InChI is InChI=1S/C18H17F3N4O3/c1-26-12-6-11-14(16(28-3)15(12)27-2)24-9-25-17(11)23-8-10-4-5-13(22-7-10)18(19,20)21/h4-7,9H,8H2,1-3H3,(H,23,24,25). The van der Waals surface area contributed by atoms with Gasteiger partial charge in [-0.3, -0.25) is 4.98 Å². The van der Waals surface area contributed by atoms with Crippen molar-refractivity contribution >= 4 is 16.7 Å². The SMILES string of the molecule is COc1cc2c(NCc3ccc(C(F)(F)F)nc3)ncnc2c(OC)c1OC. The van der Waals surface area contributed by atoms with Crippen LogP contribution in [0.2, 0.25) is 0 Å². The van der Waals surface area contributed by atoms with Gasteiger partial charge in [0, 0.05) is 12.7 Å². The molecular weight excluding hydrogens is 377 g/mol. The van der Waals surface area contributed by atoms with Gasteiger partial charge in [0.2, 0.25) is 5.75 Å². The number of hydrogen-bond donors (Lipinski definition) is 1. The molecular formula is C18H17F3N4O3. The number of ether oxygens (including phenoxy) is 3. The van der Waals surface area contributed by atoms with Crippen molar-refractivity contribution < 1.29 is 27.4 Å². The first-order chi connectivity index (χ1) is 13.4. The van der Waals surface area contributed by atoms with Gasteiger partial charge in [-0.25, -0.2) is 9.97 Å². The van der Waals surface area contributed by atoms with E-state index in [1.807, 2.05) is 0 Å². The maximum absolute atomic E-state index is 12.6. The summed E-state index contributed by atoms with van der Waals surface area (Å²) < 4.78 is 54.0. The molecule has 10 heteroatoms. The van der Waals surface area contributed by atoms with Gasteiger partial charge < -0.3 is 19.5 Å². The molecule has 0 atom stereocenters. The monoisotopic (exact) mass is 394 g/mol. The van der Waals surface area contributed by atoms with Crippen LogP contribution in [0.3, 0.4) is 0 Å². The number of pyridine rings is 1. The predicted octanol–water partition coefficient (Wildman–Crippen LogP) is 3.68. The summed E-state index contributed by atoms with van der Waals surface area (Å²) >= 11 is 0. The van der Waals surface area contributed by atoms with E-state index in [0.717, 1.165) is 6.07 Å². The minimum absolute atomic E-state index is 0.216. The van der Waals surface area contributed by atoms with Crippen molar-refractivity contribution in [3.63, 3.8) is 0 Å². The van der Waals surface area contributed by atoms with E-state index in [2.05, 4.69) is 20.3 Å². The number of nitrogens with one attached hydrogen (secondary N) is 1. The molecule has 0 amide bonds. The number of rotatable bonds is 6. The van der Waals surface area contributed by atoms with Gasteiger partial charge in [-0.15, -0.1) is 0 Å². The molecule has 1 aromatic carbocycles. The van der Waals surface area contributed by atoms with Gasteiger partial charge in [-0.1, -0.05) is 6.07 Å². The van der Waals surface area contributed by atoms with E-state index < -0.39 is 11.9 Å². The Bertz CT molecular complexity index is 978. The lowest BCUT2D eigenvalue weighted by Gasteiger charge is -2.16. The first-order valence-corrected chi connectivity index (χ1v) is 8.08. The Hall–Kier alpha value is -3.30. The van der Waals surface area contributed by atoms with E-state index in [1.165, 1.54) is 39.9 Å². The molecule has 0 aliphatic rings. The van der Waals surface area contributed by atoms with Gasteiger partial charge in [0.05, 0.1) is 26.7 Å². The average molecular weight is 394 g/mol. The van der Waals surface area contributed by atoms with E-state index >= 15 is 0 Å². The predicted molar refractivity (Wildman–Crippen MR) is 95.8 cm³/mol. The van der Waals surface area contributed by atoms with Crippen molar-refractivity contribution in [1.29, 1.82) is 0 Å². The summed E-state index contributed by atoms with van der Waals surface area (Å²) in [6, 6.07) is 3.99. The molecule has 0 aliphatic carbocycles. The minimum Gasteiger partial charge on any atom is -0.493 e. The van der Waals surface area contributed by atoms with Crippen LogP contribution in [-0.2, 0) is 12.7 Å². The first-order valence-electron chi connectivity index (χ1n) is 8.08. The average Bonchev–Trinajstić information content (AvgIpc) is 2.70. The Morgan fingerprint density at radius 1 is 0.964 bits per heavy atom. The molecule has 0 aliphatic heterocycles. The molecule has 0 unspecified atom stereocenters. The van der Waals surface area contributed by atoms with Crippen molar-refractivity contribution in [2.45, 2.75) is 12.7 Å². The molecule has 0 saturated carbocycles. The lowest BCUT2D eigenvalue weighted by Crippen LogP contribution is -2.09. The van der Waals surface area contributed by atoms with Gasteiger partial charge in [0.25, 0.3) is 0 Å². The van der Waals surface area contributed by atoms with Crippen LogP contribution < -0.4 is 19.5 Å². The zero-order valence-electron chi connectivity index (χ0n) is 15.3. The molecule has 0 saturated heterocycles. The van der Waals surface area contributed by atoms with Crippen molar-refractivity contribution in [2.75, 3.05) is 26.6 Å². The number of methoxy groups -OCH3 is 3. The van der Waals surface area contributed by atoms with Crippen molar-refractivity contribution in [2.24, 2.45) is 0 Å². The maximum Gasteiger partial charge on any atom is 0.433 e. The van der Waals surface area contributed by atoms with Crippen LogP contribution in [0.4, 0.5) is 19.0 Å². The lowest BCUT2D eigenvalue weighted by atomic mass is 10.1. The Labute approximate surface area is 158 Å². The summed E-state index contributed by atoms with van der Waals surface area (Å²) in [6.45, 7) is 0.216. The number of hydrogen-bond acceptors (Lipinski definition) is 7. The molecule has 148 valence electrons. The number of anilines is 1. The van der Waals surface area contributed by atoms with E-state index in [4.69, 9.17) is 14.2 Å². The Balaban J connectivity index is 1.93. The van der Waals surface area contributed by atoms with Crippen molar-refractivity contribution in [1.82, 2.24) is 15.0 Å². The third kappa shape index (κ3) is 3.71. The molecule has 0 bridgehead atoms. The molecule has 3 rings (SSSR count). The number of aromatic nitrogens is 3. The quantitative estimate of drug-likeness (QED) is 0.683. The summed E-state index contributed by atoms with van der Waals surface area (Å²) in [5.74, 6) is 1.68. The summed E-state index contributed by atoms with van der Waals surface area (Å²) in [5.41, 5.74) is 0.126. The Morgan fingerprint density at radius 3 is 2.29 bits per heavy atom. The highest BCUT2D eigenvalue weighted by Crippen LogP contribution is 2.43. The number of benzene rings is 1. The molecule has 0 spiro atoms. The second kappa shape index (κ2) is 7.75. The van der Waals surface area contributed by atoms with Gasteiger partial charge in [0.15, 0.2) is 11.5 Å². The van der Waals surface area contributed by atoms with Crippen LogP contribution in [0, 0.1) is 0 Å². The number of nitrogens with zero attached hydrogens (tertiary/aromatic N) is 3. The molecule has 7 nitrogen and oxygen atoms in total. The fourth-order valence-corrected chi connectivity index (χ4v) is 2.69. The summed E-state index contributed by atoms with van der Waals surface area (Å²) in [6.07, 6.45) is -1.95. The summed E-state index contributed by atoms with van der Waals surface area (Å²) in [5, 5.41) is 3.69. The maximum atomic E-state index is 12.6. The highest BCUT2D eigenvalue weighted by atomic mass is 19.4. The highest BCUT2D eigenvalue weighted by Gasteiger charge is 2.32. The molecule has 0 fully saturated rings. The third-order valence-electron chi connectivity index (χ3n) is 4.01. The lowest BCUT2D eigenvalue weighted by molar-refractivity contribution is -0.141. The Morgan fingerprint density at radius 2 is 1.71 bits per heavy atom. The van der Waals surface area contributed by atoms with Crippen LogP contribution in [0.5, 0.6) is 17.2 Å². The van der Waals surface area contributed by atoms with Crippen LogP contribution in [0.1, 0.15) is 11.3 Å². The van der Waals surface area contributed by atoms with Crippen LogP contribution in [0.25, 0.3) is 10.9 Å². The zero-order chi connectivity index (χ0) is 20.3. The van der Waals surface area contributed by atoms with Crippen molar-refractivity contribution in [3.8, 4) is 17.2 Å². The highest BCUT2D eigenvalue weighted by molar-refractivity contribution is 5.96. The van der Waals surface area contributed by atoms with E-state index in [-0.39, 0.29) is 6.54 Å². The molecule has 3 aromatic rings. The normalized spacial score (nSPS) is 11.4. The molecule has 28 heavy (non-hydrogen) atoms. The van der Waals surface area contributed by atoms with E-state index in [0.29, 0.717) is 39.5 Å². The molecule has 2 heterocycles. The van der Waals surface area contributed by atoms with Crippen LogP contribution in [0.15, 0.2) is 30.7 Å². The Kier molecular flexibility index (Phi) is 5.39. The molecule has 2 aromatic heterocycles. The number of fused-ring (bicyclic) bond motifs is 1. The van der Waals surface area contributed by atoms with Crippen molar-refractivity contribution in [3.05, 3.63) is 42.0 Å². The third-order valence-corrected chi connectivity index (χ3v) is 4.01. The molecule has 0 radical (unpaired) electrons. The smallest absolute Gasteiger partial charge is 0.433 e. The second-order valence-electron chi connectivity index (χ2n) is 5.67. The fourth-order valence-electron chi connectivity index (χ4n) is 2.69. The number of halogens is 3. The topological polar surface area (TPSA) is 78.4 Å². The zero-order valence-corrected chi connectivity index (χ0v) is 15.3. The molecule has 1 N–H and O–H groups in total. The van der Waals surface area contributed by atoms with Crippen LogP contribution in [-0.4, -0.2) is 36.3 Å². The largest absolute Gasteiger partial charge is 0.493 e. The number of alkyl halides is 3.